The maximum Gasteiger partial charge on any atom is 0.243 e. The molecule has 0 atom stereocenters. The van der Waals surface area contributed by atoms with Crippen LogP contribution in [0.1, 0.15) is 24.5 Å². The lowest BCUT2D eigenvalue weighted by Crippen LogP contribution is -2.40. The van der Waals surface area contributed by atoms with Gasteiger partial charge in [0.05, 0.1) is 35.5 Å². The van der Waals surface area contributed by atoms with Crippen LogP contribution in [0.3, 0.4) is 0 Å². The van der Waals surface area contributed by atoms with Crippen LogP contribution in [-0.2, 0) is 21.3 Å². The zero-order chi connectivity index (χ0) is 23.7. The summed E-state index contributed by atoms with van der Waals surface area (Å²) in [5, 5.41) is 1.13. The van der Waals surface area contributed by atoms with Gasteiger partial charge in [0.2, 0.25) is 10.0 Å². The number of ether oxygens (including phenoxy) is 1. The molecule has 1 aromatic carbocycles. The Bertz CT molecular complexity index is 1370. The molecule has 2 aliphatic heterocycles. The number of hydrogen-bond acceptors (Lipinski definition) is 6. The number of rotatable bonds is 6. The molecule has 1 saturated heterocycles. The number of fused-ring (bicyclic) bond motifs is 1. The minimum atomic E-state index is -3.58. The van der Waals surface area contributed by atoms with E-state index in [-0.39, 0.29) is 0 Å². The number of aryl methyl sites for hydroxylation is 2. The minimum absolute atomic E-state index is 0.338. The van der Waals surface area contributed by atoms with Crippen LogP contribution < -0.4 is 4.90 Å². The summed E-state index contributed by atoms with van der Waals surface area (Å²) in [6.45, 7) is 6.94. The number of aromatic nitrogens is 2. The van der Waals surface area contributed by atoms with E-state index in [2.05, 4.69) is 22.7 Å². The number of allylic oxidation sites excluding steroid dienone is 1. The molecule has 1 fully saturated rings. The molecule has 4 heterocycles. The van der Waals surface area contributed by atoms with Gasteiger partial charge in [0, 0.05) is 54.9 Å². The average Bonchev–Trinajstić information content (AvgIpc) is 3.24. The van der Waals surface area contributed by atoms with E-state index in [0.29, 0.717) is 37.9 Å². The van der Waals surface area contributed by atoms with Gasteiger partial charge in [0.15, 0.2) is 0 Å². The first-order valence-corrected chi connectivity index (χ1v) is 13.0. The van der Waals surface area contributed by atoms with Crippen LogP contribution >= 0.6 is 0 Å². The zero-order valence-corrected chi connectivity index (χ0v) is 20.3. The molecule has 178 valence electrons. The molecule has 0 unspecified atom stereocenters. The molecule has 8 nitrogen and oxygen atoms in total. The van der Waals surface area contributed by atoms with Crippen LogP contribution in [-0.4, -0.2) is 61.0 Å². The highest BCUT2D eigenvalue weighted by atomic mass is 32.2. The summed E-state index contributed by atoms with van der Waals surface area (Å²) in [6.07, 6.45) is 10.9. The van der Waals surface area contributed by atoms with E-state index >= 15 is 0 Å². The van der Waals surface area contributed by atoms with Crippen molar-refractivity contribution in [1.82, 2.24) is 13.9 Å². The van der Waals surface area contributed by atoms with Crippen LogP contribution in [0.5, 0.6) is 0 Å². The van der Waals surface area contributed by atoms with Gasteiger partial charge in [-0.25, -0.2) is 8.42 Å². The third-order valence-electron chi connectivity index (χ3n) is 6.32. The average molecular weight is 480 g/mol. The molecular formula is C25H29N5O3S. The van der Waals surface area contributed by atoms with E-state index < -0.39 is 10.0 Å². The second kappa shape index (κ2) is 9.32. The Morgan fingerprint density at radius 1 is 1.15 bits per heavy atom. The van der Waals surface area contributed by atoms with Crippen LogP contribution in [0, 0.1) is 6.92 Å². The van der Waals surface area contributed by atoms with E-state index in [1.807, 2.05) is 54.7 Å². The molecule has 0 amide bonds. The first kappa shape index (κ1) is 22.8. The lowest BCUT2D eigenvalue weighted by Gasteiger charge is -2.28. The number of sulfonamides is 1. The first-order valence-electron chi connectivity index (χ1n) is 11.6. The SMILES string of the molecule is CCCn1cc(C2=NCN(c3ccc(C)c(S(=O)(=O)N4CCOCC4)c3)C=C2)c2ccncc21. The van der Waals surface area contributed by atoms with Gasteiger partial charge in [-0.1, -0.05) is 13.0 Å². The summed E-state index contributed by atoms with van der Waals surface area (Å²) in [4.78, 5) is 11.4. The Labute approximate surface area is 200 Å². The summed E-state index contributed by atoms with van der Waals surface area (Å²) in [5.74, 6) is 0. The molecular weight excluding hydrogens is 450 g/mol. The monoisotopic (exact) mass is 479 g/mol. The Morgan fingerprint density at radius 2 is 1.97 bits per heavy atom. The molecule has 9 heteroatoms. The highest BCUT2D eigenvalue weighted by molar-refractivity contribution is 7.89. The number of hydrogen-bond donors (Lipinski definition) is 0. The molecule has 0 spiro atoms. The Kier molecular flexibility index (Phi) is 6.24. The van der Waals surface area contributed by atoms with Gasteiger partial charge in [-0.15, -0.1) is 0 Å². The molecule has 0 N–H and O–H groups in total. The van der Waals surface area contributed by atoms with Gasteiger partial charge in [-0.05, 0) is 43.2 Å². The molecule has 34 heavy (non-hydrogen) atoms. The van der Waals surface area contributed by atoms with Crippen molar-refractivity contribution in [3.05, 3.63) is 66.3 Å². The van der Waals surface area contributed by atoms with Crippen molar-refractivity contribution in [2.45, 2.75) is 31.7 Å². The third-order valence-corrected chi connectivity index (χ3v) is 8.36. The number of nitrogens with zero attached hydrogens (tertiary/aromatic N) is 5. The van der Waals surface area contributed by atoms with Gasteiger partial charge in [0.25, 0.3) is 0 Å². The van der Waals surface area contributed by atoms with Crippen LogP contribution in [0.15, 0.2) is 65.0 Å². The van der Waals surface area contributed by atoms with E-state index in [0.717, 1.165) is 46.4 Å². The van der Waals surface area contributed by atoms with Crippen molar-refractivity contribution in [3.8, 4) is 0 Å². The largest absolute Gasteiger partial charge is 0.379 e. The van der Waals surface area contributed by atoms with Gasteiger partial charge in [-0.3, -0.25) is 9.98 Å². The maximum absolute atomic E-state index is 13.3. The number of pyridine rings is 1. The van der Waals surface area contributed by atoms with Crippen LogP contribution in [0.4, 0.5) is 5.69 Å². The lowest BCUT2D eigenvalue weighted by molar-refractivity contribution is 0.0730. The fourth-order valence-corrected chi connectivity index (χ4v) is 6.15. The van der Waals surface area contributed by atoms with Crippen molar-refractivity contribution >= 4 is 32.3 Å². The summed E-state index contributed by atoms with van der Waals surface area (Å²) < 4.78 is 35.6. The summed E-state index contributed by atoms with van der Waals surface area (Å²) in [5.41, 5.74) is 4.64. The van der Waals surface area contributed by atoms with Crippen molar-refractivity contribution in [3.63, 3.8) is 0 Å². The lowest BCUT2D eigenvalue weighted by atomic mass is 10.1. The minimum Gasteiger partial charge on any atom is -0.379 e. The van der Waals surface area contributed by atoms with Gasteiger partial charge in [-0.2, -0.15) is 4.31 Å². The number of anilines is 1. The van der Waals surface area contributed by atoms with Crippen molar-refractivity contribution in [2.24, 2.45) is 4.99 Å². The van der Waals surface area contributed by atoms with E-state index in [1.165, 1.54) is 4.31 Å². The Hall–Kier alpha value is -3.01. The van der Waals surface area contributed by atoms with Crippen molar-refractivity contribution in [2.75, 3.05) is 37.9 Å². The fourth-order valence-electron chi connectivity index (χ4n) is 4.49. The Morgan fingerprint density at radius 3 is 2.71 bits per heavy atom. The van der Waals surface area contributed by atoms with Gasteiger partial charge < -0.3 is 14.2 Å². The molecule has 0 bridgehead atoms. The van der Waals surface area contributed by atoms with Gasteiger partial charge in [0.1, 0.15) is 6.67 Å². The third kappa shape index (κ3) is 4.15. The smallest absolute Gasteiger partial charge is 0.243 e. The second-order valence-electron chi connectivity index (χ2n) is 8.57. The van der Waals surface area contributed by atoms with E-state index in [9.17, 15) is 8.42 Å². The summed E-state index contributed by atoms with van der Waals surface area (Å²) in [6, 6.07) is 7.59. The van der Waals surface area contributed by atoms with Crippen molar-refractivity contribution < 1.29 is 13.2 Å². The van der Waals surface area contributed by atoms with E-state index in [4.69, 9.17) is 9.73 Å². The first-order chi connectivity index (χ1) is 16.5. The number of morpholine rings is 1. The topological polar surface area (TPSA) is 80.0 Å². The molecule has 2 aliphatic rings. The summed E-state index contributed by atoms with van der Waals surface area (Å²) in [7, 11) is -3.58. The van der Waals surface area contributed by atoms with Crippen molar-refractivity contribution in [1.29, 1.82) is 0 Å². The normalized spacial score (nSPS) is 17.4. The number of aliphatic imine (C=N–C) groups is 1. The molecule has 0 radical (unpaired) electrons. The predicted molar refractivity (Wildman–Crippen MR) is 134 cm³/mol. The zero-order valence-electron chi connectivity index (χ0n) is 19.5. The van der Waals surface area contributed by atoms with E-state index in [1.54, 1.807) is 6.07 Å². The Balaban J connectivity index is 1.41. The quantitative estimate of drug-likeness (QED) is 0.540. The van der Waals surface area contributed by atoms with Gasteiger partial charge >= 0.3 is 0 Å². The fraction of sp³-hybridized carbons (Fsp3) is 0.360. The highest BCUT2D eigenvalue weighted by Crippen LogP contribution is 2.28. The molecule has 2 aromatic heterocycles. The van der Waals surface area contributed by atoms with Crippen LogP contribution in [0.25, 0.3) is 10.9 Å². The molecule has 3 aromatic rings. The molecule has 0 saturated carbocycles. The standard InChI is InChI=1S/C25H29N5O3S/c1-3-9-28-17-22(21-6-8-26-16-24(21)28)23-7-10-29(18-27-23)20-5-4-19(2)25(15-20)34(31,32)30-11-13-33-14-12-30/h4-8,10,15-17H,3,9,11-14,18H2,1-2H3. The molecule has 0 aliphatic carbocycles. The van der Waals surface area contributed by atoms with Crippen LogP contribution in [0.2, 0.25) is 0 Å². The number of benzene rings is 1. The highest BCUT2D eigenvalue weighted by Gasteiger charge is 2.28. The summed E-state index contributed by atoms with van der Waals surface area (Å²) >= 11 is 0. The molecule has 5 rings (SSSR count). The maximum atomic E-state index is 13.3. The predicted octanol–water partition coefficient (Wildman–Crippen LogP) is 3.56. The second-order valence-corrected chi connectivity index (χ2v) is 10.5.